The van der Waals surface area contributed by atoms with Crippen LogP contribution in [-0.2, 0) is 27.4 Å². The third-order valence-electron chi connectivity index (χ3n) is 10.4. The maximum absolute atomic E-state index is 13.3. The number of hydrogen-bond acceptors (Lipinski definition) is 8. The van der Waals surface area contributed by atoms with Gasteiger partial charge in [-0.1, -0.05) is 97.1 Å². The molecule has 0 saturated heterocycles. The lowest BCUT2D eigenvalue weighted by atomic mass is 9.98. The number of amides is 2. The molecule has 0 aliphatic heterocycles. The normalized spacial score (nSPS) is 12.7. The van der Waals surface area contributed by atoms with Gasteiger partial charge in [-0.25, -0.2) is 9.78 Å². The zero-order chi connectivity index (χ0) is 41.4. The summed E-state index contributed by atoms with van der Waals surface area (Å²) in [6, 6.07) is 44.6. The van der Waals surface area contributed by atoms with Gasteiger partial charge in [0.15, 0.2) is 0 Å². The Morgan fingerprint density at radius 3 is 1.78 bits per heavy atom. The molecule has 60 heavy (non-hydrogen) atoms. The first-order chi connectivity index (χ1) is 29.3. The molecule has 3 heterocycles. The number of pyridine rings is 3. The molecule has 7 aromatic rings. The molecule has 0 bridgehead atoms. The highest BCUT2D eigenvalue weighted by Gasteiger charge is 2.30. The molecule has 0 saturated carbocycles. The second kappa shape index (κ2) is 17.9. The van der Waals surface area contributed by atoms with Crippen LogP contribution in [0.15, 0.2) is 158 Å². The van der Waals surface area contributed by atoms with Crippen molar-refractivity contribution in [1.82, 2.24) is 25.6 Å². The van der Waals surface area contributed by atoms with Crippen molar-refractivity contribution in [3.63, 3.8) is 0 Å². The van der Waals surface area contributed by atoms with E-state index in [0.717, 1.165) is 67.3 Å². The molecule has 0 radical (unpaired) electrons. The smallest absolute Gasteiger partial charge is 0.407 e. The van der Waals surface area contributed by atoms with Crippen LogP contribution in [0.4, 0.5) is 4.79 Å². The number of ether oxygens (including phenoxy) is 2. The van der Waals surface area contributed by atoms with Gasteiger partial charge < -0.3 is 25.2 Å². The lowest BCUT2D eigenvalue weighted by Gasteiger charge is -2.21. The fraction of sp³-hybridized carbons (Fsp3) is 0.143. The molecule has 2 atom stereocenters. The number of fused-ring (bicyclic) bond motifs is 3. The molecule has 298 valence electrons. The van der Waals surface area contributed by atoms with Crippen LogP contribution in [0.2, 0.25) is 0 Å². The highest BCUT2D eigenvalue weighted by molar-refractivity contribution is 5.89. The van der Waals surface area contributed by atoms with E-state index in [1.54, 1.807) is 36.7 Å². The van der Waals surface area contributed by atoms with Crippen molar-refractivity contribution >= 4 is 18.0 Å². The number of hydrogen-bond donors (Lipinski definition) is 3. The van der Waals surface area contributed by atoms with E-state index in [9.17, 15) is 19.5 Å². The van der Waals surface area contributed by atoms with Crippen LogP contribution in [0.3, 0.4) is 0 Å². The molecule has 2 amide bonds. The lowest BCUT2D eigenvalue weighted by Crippen LogP contribution is -2.51. The summed E-state index contributed by atoms with van der Waals surface area (Å²) < 4.78 is 11.8. The van der Waals surface area contributed by atoms with Gasteiger partial charge in [-0.3, -0.25) is 19.6 Å². The number of alkyl carbamates (subject to hydrolysis) is 1. The van der Waals surface area contributed by atoms with Crippen molar-refractivity contribution in [2.75, 3.05) is 6.61 Å². The largest absolute Gasteiger partial charge is 0.489 e. The molecule has 1 aliphatic carbocycles. The monoisotopic (exact) mass is 795 g/mol. The number of nitrogens with zero attached hydrogens (tertiary/aromatic N) is 3. The van der Waals surface area contributed by atoms with Crippen LogP contribution < -0.4 is 15.4 Å². The Morgan fingerprint density at radius 2 is 1.22 bits per heavy atom. The maximum atomic E-state index is 13.3. The van der Waals surface area contributed by atoms with Crippen molar-refractivity contribution in [2.45, 2.75) is 38.0 Å². The highest BCUT2D eigenvalue weighted by atomic mass is 16.5. The molecule has 11 heteroatoms. The first-order valence-electron chi connectivity index (χ1n) is 19.6. The molecular weight excluding hydrogens is 755 g/mol. The van der Waals surface area contributed by atoms with Gasteiger partial charge in [-0.2, -0.15) is 0 Å². The van der Waals surface area contributed by atoms with Crippen LogP contribution in [0, 0.1) is 0 Å². The van der Waals surface area contributed by atoms with Crippen LogP contribution in [0.1, 0.15) is 35.1 Å². The Morgan fingerprint density at radius 1 is 0.650 bits per heavy atom. The summed E-state index contributed by atoms with van der Waals surface area (Å²) in [5.41, 5.74) is 11.0. The highest BCUT2D eigenvalue weighted by Crippen LogP contribution is 2.44. The zero-order valence-electron chi connectivity index (χ0n) is 32.7. The Balaban J connectivity index is 0.910. The zero-order valence-corrected chi connectivity index (χ0v) is 32.7. The predicted molar refractivity (Wildman–Crippen MR) is 228 cm³/mol. The maximum Gasteiger partial charge on any atom is 0.407 e. The van der Waals surface area contributed by atoms with Crippen molar-refractivity contribution < 1.29 is 29.0 Å². The molecule has 4 aromatic carbocycles. The predicted octanol–water partition coefficient (Wildman–Crippen LogP) is 8.49. The van der Waals surface area contributed by atoms with Crippen molar-refractivity contribution in [3.8, 4) is 50.8 Å². The lowest BCUT2D eigenvalue weighted by molar-refractivity contribution is -0.141. The van der Waals surface area contributed by atoms with Crippen LogP contribution in [-0.4, -0.2) is 56.7 Å². The Kier molecular flexibility index (Phi) is 11.7. The van der Waals surface area contributed by atoms with Crippen molar-refractivity contribution in [1.29, 1.82) is 0 Å². The minimum atomic E-state index is -1.19. The minimum absolute atomic E-state index is 0.0675. The summed E-state index contributed by atoms with van der Waals surface area (Å²) in [6.07, 6.45) is 2.81. The molecule has 11 nitrogen and oxygen atoms in total. The van der Waals surface area contributed by atoms with E-state index < -0.39 is 30.1 Å². The van der Waals surface area contributed by atoms with Gasteiger partial charge in [0.1, 0.15) is 31.0 Å². The third kappa shape index (κ3) is 9.05. The molecule has 1 aliphatic rings. The van der Waals surface area contributed by atoms with Crippen molar-refractivity contribution in [3.05, 3.63) is 180 Å². The standard InChI is InChI=1S/C49H41N5O6/c1-31(48(56)57)52-47(55)46(54-49(58)60-30-41-39-12-4-2-10-37(39)38-11-3-5-13-40(38)41)26-32-18-22-36(23-19-32)59-29-33-16-20-34(21-17-33)35-27-44(42-14-6-8-24-50-42)53-45(28-35)43-15-7-9-25-51-43/h2-25,27-28,31,41,46H,26,29-30H2,1H3,(H,52,55)(H,54,58)(H,56,57)/t31-,46-/m0/s1. The topological polar surface area (TPSA) is 153 Å². The Bertz CT molecular complexity index is 2520. The van der Waals surface area contributed by atoms with Crippen molar-refractivity contribution in [2.24, 2.45) is 0 Å². The first kappa shape index (κ1) is 39.2. The van der Waals surface area contributed by atoms with Gasteiger partial charge in [0.25, 0.3) is 0 Å². The van der Waals surface area contributed by atoms with Gasteiger partial charge >= 0.3 is 12.1 Å². The molecule has 0 fully saturated rings. The van der Waals surface area contributed by atoms with Gasteiger partial charge in [0.2, 0.25) is 5.91 Å². The number of rotatable bonds is 14. The van der Waals surface area contributed by atoms with E-state index in [1.807, 2.05) is 109 Å². The molecular formula is C49H41N5O6. The number of carboxylic acids is 1. The van der Waals surface area contributed by atoms with E-state index >= 15 is 0 Å². The van der Waals surface area contributed by atoms with E-state index in [-0.39, 0.29) is 18.9 Å². The second-order valence-electron chi connectivity index (χ2n) is 14.5. The summed E-state index contributed by atoms with van der Waals surface area (Å²) in [5, 5.41) is 14.6. The van der Waals surface area contributed by atoms with Gasteiger partial charge in [0.05, 0.1) is 22.8 Å². The van der Waals surface area contributed by atoms with Crippen LogP contribution in [0.5, 0.6) is 5.75 Å². The van der Waals surface area contributed by atoms with Crippen LogP contribution >= 0.6 is 0 Å². The fourth-order valence-electron chi connectivity index (χ4n) is 7.27. The Labute approximate surface area is 347 Å². The average Bonchev–Trinajstić information content (AvgIpc) is 3.61. The third-order valence-corrected chi connectivity index (χ3v) is 10.4. The number of carboxylic acid groups (broad SMARTS) is 1. The summed E-state index contributed by atoms with van der Waals surface area (Å²) >= 11 is 0. The fourth-order valence-corrected chi connectivity index (χ4v) is 7.27. The van der Waals surface area contributed by atoms with Gasteiger partial charge in [-0.05, 0) is 100.0 Å². The molecule has 8 rings (SSSR count). The summed E-state index contributed by atoms with van der Waals surface area (Å²) in [6.45, 7) is 1.75. The number of carbonyl (C=O) groups excluding carboxylic acids is 2. The number of carbonyl (C=O) groups is 3. The van der Waals surface area contributed by atoms with E-state index in [2.05, 4.69) is 32.7 Å². The molecule has 3 aromatic heterocycles. The summed E-state index contributed by atoms with van der Waals surface area (Å²) in [5.74, 6) is -1.38. The average molecular weight is 796 g/mol. The van der Waals surface area contributed by atoms with E-state index in [1.165, 1.54) is 6.92 Å². The van der Waals surface area contributed by atoms with Gasteiger partial charge in [0, 0.05) is 24.7 Å². The first-order valence-corrected chi connectivity index (χ1v) is 19.6. The quantitative estimate of drug-likeness (QED) is 0.0984. The molecule has 0 spiro atoms. The number of aromatic nitrogens is 3. The second-order valence-corrected chi connectivity index (χ2v) is 14.5. The van der Waals surface area contributed by atoms with E-state index in [4.69, 9.17) is 14.5 Å². The minimum Gasteiger partial charge on any atom is -0.489 e. The van der Waals surface area contributed by atoms with E-state index in [0.29, 0.717) is 12.4 Å². The SMILES string of the molecule is C[C@H](NC(=O)[C@H](Cc1ccc(OCc2ccc(-c3cc(-c4ccccn4)nc(-c4ccccn4)c3)cc2)cc1)NC(=O)OCC1c2ccccc2-c2ccccc21)C(=O)O. The van der Waals surface area contributed by atoms with Crippen LogP contribution in [0.25, 0.3) is 45.0 Å². The number of aliphatic carboxylic acids is 1. The number of benzene rings is 4. The number of nitrogens with one attached hydrogen (secondary N) is 2. The summed E-state index contributed by atoms with van der Waals surface area (Å²) in [7, 11) is 0. The summed E-state index contributed by atoms with van der Waals surface area (Å²) in [4.78, 5) is 52.0. The Hall–Kier alpha value is -7.66. The van der Waals surface area contributed by atoms with Gasteiger partial charge in [-0.15, -0.1) is 0 Å². The molecule has 3 N–H and O–H groups in total. The molecule has 0 unspecified atom stereocenters.